The smallest absolute Gasteiger partial charge is 0.243 e. The van der Waals surface area contributed by atoms with E-state index in [0.717, 1.165) is 28.6 Å². The van der Waals surface area contributed by atoms with Gasteiger partial charge in [-0.05, 0) is 42.7 Å². The highest BCUT2D eigenvalue weighted by atomic mass is 32.2. The predicted octanol–water partition coefficient (Wildman–Crippen LogP) is 3.04. The van der Waals surface area contributed by atoms with Crippen LogP contribution in [0.5, 0.6) is 0 Å². The SMILES string of the molecule is CSCCC(N)c1nc(-c2ccc3ncccc3c2)no1. The van der Waals surface area contributed by atoms with Crippen LogP contribution < -0.4 is 5.73 Å². The largest absolute Gasteiger partial charge is 0.337 e. The fourth-order valence-corrected chi connectivity index (χ4v) is 2.58. The zero-order valence-corrected chi connectivity index (χ0v) is 12.5. The third-order valence-electron chi connectivity index (χ3n) is 3.25. The molecule has 6 heteroatoms. The Morgan fingerprint density at radius 1 is 1.33 bits per heavy atom. The first kappa shape index (κ1) is 14.0. The normalized spacial score (nSPS) is 12.7. The zero-order valence-electron chi connectivity index (χ0n) is 11.7. The predicted molar refractivity (Wildman–Crippen MR) is 85.0 cm³/mol. The van der Waals surface area contributed by atoms with Crippen LogP contribution in [0.15, 0.2) is 41.1 Å². The van der Waals surface area contributed by atoms with Crippen LogP contribution in [0.25, 0.3) is 22.3 Å². The minimum Gasteiger partial charge on any atom is -0.337 e. The third kappa shape index (κ3) is 3.06. The number of pyridine rings is 1. The van der Waals surface area contributed by atoms with E-state index in [-0.39, 0.29) is 6.04 Å². The van der Waals surface area contributed by atoms with Crippen molar-refractivity contribution in [1.82, 2.24) is 15.1 Å². The van der Waals surface area contributed by atoms with E-state index in [1.807, 2.05) is 30.3 Å². The number of hydrogen-bond acceptors (Lipinski definition) is 6. The lowest BCUT2D eigenvalue weighted by molar-refractivity contribution is 0.353. The van der Waals surface area contributed by atoms with Crippen molar-refractivity contribution in [3.63, 3.8) is 0 Å². The Labute approximate surface area is 126 Å². The summed E-state index contributed by atoms with van der Waals surface area (Å²) in [4.78, 5) is 8.70. The van der Waals surface area contributed by atoms with Gasteiger partial charge in [0, 0.05) is 17.1 Å². The Morgan fingerprint density at radius 2 is 2.24 bits per heavy atom. The van der Waals surface area contributed by atoms with Gasteiger partial charge in [0.15, 0.2) is 0 Å². The van der Waals surface area contributed by atoms with Gasteiger partial charge in [0.2, 0.25) is 11.7 Å². The Bertz CT molecular complexity index is 743. The molecule has 0 saturated heterocycles. The number of nitrogens with zero attached hydrogens (tertiary/aromatic N) is 3. The molecule has 0 aliphatic rings. The number of nitrogens with two attached hydrogens (primary N) is 1. The van der Waals surface area contributed by atoms with E-state index in [9.17, 15) is 0 Å². The summed E-state index contributed by atoms with van der Waals surface area (Å²) in [5.41, 5.74) is 7.89. The minimum atomic E-state index is -0.208. The molecule has 0 spiro atoms. The highest BCUT2D eigenvalue weighted by Gasteiger charge is 2.15. The van der Waals surface area contributed by atoms with E-state index in [0.29, 0.717) is 11.7 Å². The van der Waals surface area contributed by atoms with Gasteiger partial charge in [-0.3, -0.25) is 4.98 Å². The Morgan fingerprint density at radius 3 is 3.10 bits per heavy atom. The highest BCUT2D eigenvalue weighted by molar-refractivity contribution is 7.98. The number of hydrogen-bond donors (Lipinski definition) is 1. The highest BCUT2D eigenvalue weighted by Crippen LogP contribution is 2.23. The van der Waals surface area contributed by atoms with Gasteiger partial charge in [0.1, 0.15) is 0 Å². The molecule has 1 atom stereocenters. The second kappa shape index (κ2) is 6.24. The van der Waals surface area contributed by atoms with Crippen molar-refractivity contribution in [2.45, 2.75) is 12.5 Å². The number of thioether (sulfide) groups is 1. The first-order valence-corrected chi connectivity index (χ1v) is 8.10. The van der Waals surface area contributed by atoms with Gasteiger partial charge >= 0.3 is 0 Å². The van der Waals surface area contributed by atoms with Crippen LogP contribution in [0.2, 0.25) is 0 Å². The molecule has 21 heavy (non-hydrogen) atoms. The van der Waals surface area contributed by atoms with Crippen molar-refractivity contribution in [2.24, 2.45) is 5.73 Å². The molecule has 1 aromatic carbocycles. The second-order valence-corrected chi connectivity index (χ2v) is 5.74. The molecule has 108 valence electrons. The van der Waals surface area contributed by atoms with E-state index in [4.69, 9.17) is 10.3 Å². The first-order valence-electron chi connectivity index (χ1n) is 6.71. The van der Waals surface area contributed by atoms with Gasteiger partial charge in [0.25, 0.3) is 0 Å². The zero-order chi connectivity index (χ0) is 14.7. The summed E-state index contributed by atoms with van der Waals surface area (Å²) in [6, 6.07) is 9.61. The summed E-state index contributed by atoms with van der Waals surface area (Å²) in [5.74, 6) is 2.03. The van der Waals surface area contributed by atoms with Crippen molar-refractivity contribution >= 4 is 22.7 Å². The monoisotopic (exact) mass is 300 g/mol. The van der Waals surface area contributed by atoms with E-state index in [1.165, 1.54) is 0 Å². The van der Waals surface area contributed by atoms with Gasteiger partial charge in [-0.15, -0.1) is 0 Å². The van der Waals surface area contributed by atoms with Crippen LogP contribution in [0.3, 0.4) is 0 Å². The van der Waals surface area contributed by atoms with Crippen LogP contribution >= 0.6 is 11.8 Å². The lowest BCUT2D eigenvalue weighted by atomic mass is 10.1. The molecular weight excluding hydrogens is 284 g/mol. The molecule has 2 heterocycles. The standard InChI is InChI=1S/C15H16N4OS/c1-21-8-6-12(16)15-18-14(19-20-15)11-4-5-13-10(9-11)3-2-7-17-13/h2-5,7,9,12H,6,8,16H2,1H3. The van der Waals surface area contributed by atoms with Gasteiger partial charge in [0.05, 0.1) is 11.6 Å². The molecule has 0 aliphatic carbocycles. The van der Waals surface area contributed by atoms with Gasteiger partial charge in [-0.1, -0.05) is 11.2 Å². The molecule has 0 aliphatic heterocycles. The van der Waals surface area contributed by atoms with Crippen LogP contribution in [-0.4, -0.2) is 27.1 Å². The van der Waals surface area contributed by atoms with E-state index < -0.39 is 0 Å². The maximum absolute atomic E-state index is 6.04. The molecule has 1 unspecified atom stereocenters. The summed E-state index contributed by atoms with van der Waals surface area (Å²) in [5, 5.41) is 5.08. The van der Waals surface area contributed by atoms with Crippen LogP contribution in [0.4, 0.5) is 0 Å². The van der Waals surface area contributed by atoms with Gasteiger partial charge < -0.3 is 10.3 Å². The second-order valence-electron chi connectivity index (χ2n) is 4.76. The minimum absolute atomic E-state index is 0.208. The Hall–Kier alpha value is -1.92. The molecule has 2 N–H and O–H groups in total. The Kier molecular flexibility index (Phi) is 4.17. The molecule has 2 aromatic heterocycles. The van der Waals surface area contributed by atoms with Crippen molar-refractivity contribution in [3.05, 3.63) is 42.4 Å². The Balaban J connectivity index is 1.87. The average molecular weight is 300 g/mol. The number of fused-ring (bicyclic) bond motifs is 1. The third-order valence-corrected chi connectivity index (χ3v) is 3.90. The number of aromatic nitrogens is 3. The van der Waals surface area contributed by atoms with Gasteiger partial charge in [-0.2, -0.15) is 16.7 Å². The summed E-state index contributed by atoms with van der Waals surface area (Å²) < 4.78 is 5.28. The number of benzene rings is 1. The number of rotatable bonds is 5. The molecule has 0 amide bonds. The topological polar surface area (TPSA) is 77.8 Å². The molecule has 0 radical (unpaired) electrons. The molecule has 0 bridgehead atoms. The lowest BCUT2D eigenvalue weighted by Crippen LogP contribution is -2.11. The molecule has 3 rings (SSSR count). The van der Waals surface area contributed by atoms with E-state index in [1.54, 1.807) is 18.0 Å². The van der Waals surface area contributed by atoms with E-state index >= 15 is 0 Å². The fraction of sp³-hybridized carbons (Fsp3) is 0.267. The van der Waals surface area contributed by atoms with Crippen molar-refractivity contribution in [1.29, 1.82) is 0 Å². The quantitative estimate of drug-likeness (QED) is 0.780. The summed E-state index contributed by atoms with van der Waals surface area (Å²) in [6.45, 7) is 0. The van der Waals surface area contributed by atoms with Gasteiger partial charge in [-0.25, -0.2) is 0 Å². The lowest BCUT2D eigenvalue weighted by Gasteiger charge is -2.03. The maximum atomic E-state index is 6.04. The molecular formula is C15H16N4OS. The van der Waals surface area contributed by atoms with Crippen molar-refractivity contribution < 1.29 is 4.52 Å². The molecule has 0 fully saturated rings. The maximum Gasteiger partial charge on any atom is 0.243 e. The summed E-state index contributed by atoms with van der Waals surface area (Å²) in [6.07, 6.45) is 4.65. The summed E-state index contributed by atoms with van der Waals surface area (Å²) in [7, 11) is 0. The molecule has 3 aromatic rings. The van der Waals surface area contributed by atoms with Crippen molar-refractivity contribution in [2.75, 3.05) is 12.0 Å². The fourth-order valence-electron chi connectivity index (χ4n) is 2.09. The molecule has 0 saturated carbocycles. The average Bonchev–Trinajstić information content (AvgIpc) is 3.02. The first-order chi connectivity index (χ1) is 10.3. The molecule has 5 nitrogen and oxygen atoms in total. The van der Waals surface area contributed by atoms with Crippen LogP contribution in [0.1, 0.15) is 18.4 Å². The van der Waals surface area contributed by atoms with Crippen LogP contribution in [-0.2, 0) is 0 Å². The van der Waals surface area contributed by atoms with E-state index in [2.05, 4.69) is 21.4 Å². The van der Waals surface area contributed by atoms with Crippen LogP contribution in [0, 0.1) is 0 Å². The van der Waals surface area contributed by atoms with Crippen molar-refractivity contribution in [3.8, 4) is 11.4 Å². The summed E-state index contributed by atoms with van der Waals surface area (Å²) >= 11 is 1.75.